The third-order valence-electron chi connectivity index (χ3n) is 16.4. The predicted molar refractivity (Wildman–Crippen MR) is 325 cm³/mol. The first-order valence-electron chi connectivity index (χ1n) is 30.8. The van der Waals surface area contributed by atoms with E-state index in [2.05, 4.69) is 0 Å². The Balaban J connectivity index is 1.05. The molecular formula is C69H84O24. The van der Waals surface area contributed by atoms with Crippen molar-refractivity contribution in [3.8, 4) is 0 Å². The lowest BCUT2D eigenvalue weighted by atomic mass is 9.90. The van der Waals surface area contributed by atoms with Crippen LogP contribution >= 0.6 is 0 Å². The van der Waals surface area contributed by atoms with Gasteiger partial charge in [0, 0.05) is 55.3 Å². The van der Waals surface area contributed by atoms with Gasteiger partial charge in [-0.2, -0.15) is 0 Å². The van der Waals surface area contributed by atoms with Gasteiger partial charge < -0.3 is 95.1 Å². The number of aliphatic hydroxyl groups is 1. The zero-order chi connectivity index (χ0) is 65.8. The maximum absolute atomic E-state index is 15.1. The van der Waals surface area contributed by atoms with Crippen molar-refractivity contribution in [3.63, 3.8) is 0 Å². The van der Waals surface area contributed by atoms with Crippen LogP contribution in [0, 0.1) is 5.92 Å². The molecule has 4 fully saturated rings. The molecule has 8 unspecified atom stereocenters. The number of carbonyl (C=O) groups excluding carboxylic acids is 4. The molecule has 0 saturated carbocycles. The quantitative estimate of drug-likeness (QED) is 0.0401. The summed E-state index contributed by atoms with van der Waals surface area (Å²) in [6.07, 6.45) is -25.3. The molecule has 93 heavy (non-hydrogen) atoms. The molecule has 4 aliphatic rings. The number of aliphatic hydroxyl groups excluding tert-OH is 1. The monoisotopic (exact) mass is 1300 g/mol. The fraction of sp³-hybridized carbons (Fsp3) is 0.507. The molecule has 0 amide bonds. The minimum atomic E-state index is -1.72. The van der Waals surface area contributed by atoms with E-state index in [-0.39, 0.29) is 39.6 Å². The molecule has 1 N–H and O–H groups in total. The summed E-state index contributed by atoms with van der Waals surface area (Å²) >= 11 is 0. The van der Waals surface area contributed by atoms with E-state index in [9.17, 15) is 19.5 Å². The second-order valence-corrected chi connectivity index (χ2v) is 22.7. The Morgan fingerprint density at radius 2 is 0.785 bits per heavy atom. The molecule has 4 aliphatic heterocycles. The summed E-state index contributed by atoms with van der Waals surface area (Å²) in [5.41, 5.74) is 3.93. The molecule has 0 aliphatic carbocycles. The molecule has 0 bridgehead atoms. The predicted octanol–water partition coefficient (Wildman–Crippen LogP) is 6.11. The standard InChI is InChI=1S/C69H84O24/c1-41-52(86-43(3)71)53(89-68-61(77-6)55(75-4)51(72)56(91-68)64(73)84-37-47-30-20-12-21-31-47)50(40-81-42(2)70)87-66(41)92-59-57(76-5)62(78-7)69(93-60(59)65(74)85-38-48-32-22-13-23-33-48)90-54-49(39-80-34-44-24-14-9-15-25-44)88-67(79-8)63(83-36-46-28-18-11-19-29-46)58(54)82-35-45-26-16-10-17-27-45/h9-33,41,49-63,66-69,72H,34-40H2,1-8H3/t41?,49?,50-,51-,52?,53-,54+,55+,56?,57?,58+,59+,60-,61?,62?,63?,66-,67-,68-,69+/m1/s1. The smallest absolute Gasteiger partial charge is 0.338 e. The van der Waals surface area contributed by atoms with E-state index in [1.165, 1.54) is 49.4 Å². The highest BCUT2D eigenvalue weighted by atomic mass is 16.8. The summed E-state index contributed by atoms with van der Waals surface area (Å²) in [5.74, 6) is -4.38. The lowest BCUT2D eigenvalue weighted by Crippen LogP contribution is -2.68. The van der Waals surface area contributed by atoms with Crippen LogP contribution in [0.2, 0.25) is 0 Å². The Bertz CT molecular complexity index is 3040. The van der Waals surface area contributed by atoms with Gasteiger partial charge in [-0.1, -0.05) is 159 Å². The van der Waals surface area contributed by atoms with Gasteiger partial charge in [0.1, 0.15) is 99.2 Å². The third-order valence-corrected chi connectivity index (χ3v) is 16.4. The zero-order valence-electron chi connectivity index (χ0n) is 53.3. The normalized spacial score (nSPS) is 31.2. The van der Waals surface area contributed by atoms with E-state index in [0.717, 1.165) is 16.7 Å². The first-order valence-corrected chi connectivity index (χ1v) is 30.8. The molecule has 9 rings (SSSR count). The van der Waals surface area contributed by atoms with Gasteiger partial charge in [-0.3, -0.25) is 9.59 Å². The summed E-state index contributed by atoms with van der Waals surface area (Å²) in [6.45, 7) is 3.49. The highest BCUT2D eigenvalue weighted by molar-refractivity contribution is 5.76. The second kappa shape index (κ2) is 35.2. The maximum atomic E-state index is 15.1. The van der Waals surface area contributed by atoms with Crippen molar-refractivity contribution < 1.29 is 114 Å². The fourth-order valence-electron chi connectivity index (χ4n) is 11.7. The highest BCUT2D eigenvalue weighted by Gasteiger charge is 2.59. The van der Waals surface area contributed by atoms with Crippen molar-refractivity contribution in [2.24, 2.45) is 5.92 Å². The number of carbonyl (C=O) groups is 4. The SMILES string of the molecule is COC1C(OC)[C@H](O[C@H]2O[C@H](COC(C)=O)[C@@H](O[C@@H]3OC(C(=O)OCc4ccccc4)[C@H](O)[C@H](OC)C3OC)C(OC(C)=O)C2C)[C@H](C(=O)OCc2ccccc2)O[C@@H]1O[C@H]1C(COCc2ccccc2)O[C@@H](OC)C(OCc2ccccc2)[C@H]1OCc1ccccc1. The summed E-state index contributed by atoms with van der Waals surface area (Å²) < 4.78 is 121. The summed E-state index contributed by atoms with van der Waals surface area (Å²) in [4.78, 5) is 54.9. The van der Waals surface area contributed by atoms with Gasteiger partial charge in [0.2, 0.25) is 0 Å². The van der Waals surface area contributed by atoms with Crippen molar-refractivity contribution in [1.29, 1.82) is 0 Å². The van der Waals surface area contributed by atoms with Crippen LogP contribution in [0.4, 0.5) is 0 Å². The fourth-order valence-corrected chi connectivity index (χ4v) is 11.7. The number of esters is 4. The molecule has 5 aromatic rings. The van der Waals surface area contributed by atoms with Crippen molar-refractivity contribution in [2.75, 3.05) is 48.8 Å². The van der Waals surface area contributed by atoms with E-state index in [1.807, 2.05) is 103 Å². The molecule has 24 heteroatoms. The van der Waals surface area contributed by atoms with Gasteiger partial charge in [-0.15, -0.1) is 0 Å². The molecule has 24 nitrogen and oxygen atoms in total. The summed E-state index contributed by atoms with van der Waals surface area (Å²) in [6, 6.07) is 46.6. The van der Waals surface area contributed by atoms with E-state index in [0.29, 0.717) is 11.1 Å². The third kappa shape index (κ3) is 18.6. The van der Waals surface area contributed by atoms with Crippen LogP contribution in [0.15, 0.2) is 152 Å². The lowest BCUT2D eigenvalue weighted by molar-refractivity contribution is -0.385. The summed E-state index contributed by atoms with van der Waals surface area (Å²) in [7, 11) is 6.93. The van der Waals surface area contributed by atoms with Crippen LogP contribution < -0.4 is 0 Å². The average molecular weight is 1300 g/mol. The number of hydrogen-bond acceptors (Lipinski definition) is 24. The Kier molecular flexibility index (Phi) is 26.7. The van der Waals surface area contributed by atoms with Crippen molar-refractivity contribution in [1.82, 2.24) is 0 Å². The minimum absolute atomic E-state index is 0.0577. The lowest BCUT2D eigenvalue weighted by Gasteiger charge is -2.51. The molecule has 0 radical (unpaired) electrons. The Morgan fingerprint density at radius 3 is 1.26 bits per heavy atom. The van der Waals surface area contributed by atoms with Gasteiger partial charge >= 0.3 is 23.9 Å². The van der Waals surface area contributed by atoms with Crippen LogP contribution in [0.5, 0.6) is 0 Å². The zero-order valence-corrected chi connectivity index (χ0v) is 53.3. The largest absolute Gasteiger partial charge is 0.463 e. The number of methoxy groups -OCH3 is 5. The van der Waals surface area contributed by atoms with Gasteiger partial charge in [-0.05, 0) is 27.8 Å². The van der Waals surface area contributed by atoms with Crippen molar-refractivity contribution in [2.45, 2.75) is 171 Å². The van der Waals surface area contributed by atoms with E-state index < -0.39 is 153 Å². The van der Waals surface area contributed by atoms with Crippen LogP contribution in [0.1, 0.15) is 48.6 Å². The number of hydrogen-bond donors (Lipinski definition) is 1. The molecule has 0 aromatic heterocycles. The highest BCUT2D eigenvalue weighted by Crippen LogP contribution is 2.40. The average Bonchev–Trinajstić information content (AvgIpc) is 0.811. The van der Waals surface area contributed by atoms with Crippen LogP contribution in [0.3, 0.4) is 0 Å². The molecule has 5 aromatic carbocycles. The topological polar surface area (TPSA) is 264 Å². The Morgan fingerprint density at radius 1 is 0.376 bits per heavy atom. The molecule has 0 spiro atoms. The van der Waals surface area contributed by atoms with Crippen LogP contribution in [0.25, 0.3) is 0 Å². The Labute approximate surface area is 540 Å². The van der Waals surface area contributed by atoms with Gasteiger partial charge in [-0.25, -0.2) is 9.59 Å². The minimum Gasteiger partial charge on any atom is -0.463 e. The molecule has 4 saturated heterocycles. The van der Waals surface area contributed by atoms with E-state index >= 15 is 4.79 Å². The number of ether oxygens (including phenoxy) is 19. The molecular weight excluding hydrogens is 1210 g/mol. The van der Waals surface area contributed by atoms with Crippen molar-refractivity contribution >= 4 is 23.9 Å². The van der Waals surface area contributed by atoms with Crippen LogP contribution in [-0.2, 0) is 142 Å². The first kappa shape index (κ1) is 70.7. The molecule has 504 valence electrons. The van der Waals surface area contributed by atoms with E-state index in [1.54, 1.807) is 55.5 Å². The first-order chi connectivity index (χ1) is 45.2. The molecule has 20 atom stereocenters. The number of rotatable bonds is 30. The van der Waals surface area contributed by atoms with Gasteiger partial charge in [0.25, 0.3) is 0 Å². The van der Waals surface area contributed by atoms with Gasteiger partial charge in [0.05, 0.1) is 26.4 Å². The van der Waals surface area contributed by atoms with Crippen LogP contribution in [-0.4, -0.2) is 194 Å². The summed E-state index contributed by atoms with van der Waals surface area (Å²) in [5, 5.41) is 11.5. The molecule has 4 heterocycles. The number of benzene rings is 5. The van der Waals surface area contributed by atoms with Crippen molar-refractivity contribution in [3.05, 3.63) is 179 Å². The maximum Gasteiger partial charge on any atom is 0.338 e. The van der Waals surface area contributed by atoms with E-state index in [4.69, 9.17) is 90.0 Å². The van der Waals surface area contributed by atoms with Gasteiger partial charge in [0.15, 0.2) is 37.4 Å². The second-order valence-electron chi connectivity index (χ2n) is 22.7. The Hall–Kier alpha value is -6.66.